The molecule has 2 saturated heterocycles. The van der Waals surface area contributed by atoms with Crippen LogP contribution in [0.4, 0.5) is 0 Å². The van der Waals surface area contributed by atoms with E-state index >= 15 is 0 Å². The predicted molar refractivity (Wildman–Crippen MR) is 73.8 cm³/mol. The van der Waals surface area contributed by atoms with Crippen LogP contribution in [0, 0.1) is 0 Å². The number of hydrogen-bond donors (Lipinski definition) is 1. The van der Waals surface area contributed by atoms with E-state index in [-0.39, 0.29) is 11.3 Å². The summed E-state index contributed by atoms with van der Waals surface area (Å²) >= 11 is 3.04. The van der Waals surface area contributed by atoms with Gasteiger partial charge < -0.3 is 10.0 Å². The molecule has 7 heteroatoms. The zero-order chi connectivity index (χ0) is 13.6. The summed E-state index contributed by atoms with van der Waals surface area (Å²) in [5.74, 6) is -1.02. The third-order valence-electron chi connectivity index (χ3n) is 3.40. The normalized spacial score (nSPS) is 33.5. The Labute approximate surface area is 118 Å². The first-order chi connectivity index (χ1) is 9.01. The minimum absolute atomic E-state index is 0.000421. The molecular weight excluding hydrogens is 284 g/mol. The number of nitrogens with zero attached hydrogens (tertiary/aromatic N) is 2. The number of amides is 1. The molecule has 3 rings (SSSR count). The second kappa shape index (κ2) is 4.35. The van der Waals surface area contributed by atoms with Gasteiger partial charge in [-0.05, 0) is 13.0 Å². The lowest BCUT2D eigenvalue weighted by atomic mass is 9.96. The standard InChI is InChI=1S/C12H12N2O3S2/c1-12(3-2-7-13-4-5-18-7)10(11(16)17)14-8(15)6-9(14)19-12/h2-5,9-10H,6H2,1H3,(H,16,17)/b3-2+/t9-,10+,12+/m1/s1. The van der Waals surface area contributed by atoms with Crippen molar-refractivity contribution >= 4 is 41.1 Å². The van der Waals surface area contributed by atoms with Crippen LogP contribution in [0.25, 0.3) is 6.08 Å². The minimum Gasteiger partial charge on any atom is -0.480 e. The van der Waals surface area contributed by atoms with Crippen molar-refractivity contribution in [1.29, 1.82) is 0 Å². The van der Waals surface area contributed by atoms with Gasteiger partial charge in [0.1, 0.15) is 11.0 Å². The number of β-lactam (4-membered cyclic amide) rings is 1. The third kappa shape index (κ3) is 1.97. The predicted octanol–water partition coefficient (Wildman–Crippen LogP) is 1.67. The monoisotopic (exact) mass is 296 g/mol. The number of rotatable bonds is 3. The number of aliphatic carboxylic acids is 1. The Bertz CT molecular complexity index is 557. The van der Waals surface area contributed by atoms with E-state index < -0.39 is 16.8 Å². The number of carbonyl (C=O) groups excluding carboxylic acids is 1. The van der Waals surface area contributed by atoms with Gasteiger partial charge in [0.2, 0.25) is 5.91 Å². The maximum absolute atomic E-state index is 11.6. The summed E-state index contributed by atoms with van der Waals surface area (Å²) in [6.07, 6.45) is 5.85. The Kier molecular flexibility index (Phi) is 2.90. The molecule has 1 aromatic heterocycles. The fraction of sp³-hybridized carbons (Fsp3) is 0.417. The highest BCUT2D eigenvalue weighted by Crippen LogP contribution is 2.51. The van der Waals surface area contributed by atoms with Gasteiger partial charge in [0.25, 0.3) is 0 Å². The first-order valence-corrected chi connectivity index (χ1v) is 7.58. The largest absolute Gasteiger partial charge is 0.480 e. The van der Waals surface area contributed by atoms with Crippen LogP contribution in [0.1, 0.15) is 18.4 Å². The molecule has 1 aromatic rings. The van der Waals surface area contributed by atoms with Crippen LogP contribution < -0.4 is 0 Å². The van der Waals surface area contributed by atoms with Crippen LogP contribution in [-0.4, -0.2) is 43.0 Å². The maximum Gasteiger partial charge on any atom is 0.328 e. The number of aromatic nitrogens is 1. The van der Waals surface area contributed by atoms with Crippen LogP contribution >= 0.6 is 23.1 Å². The van der Waals surface area contributed by atoms with Crippen LogP contribution in [0.3, 0.4) is 0 Å². The highest BCUT2D eigenvalue weighted by atomic mass is 32.2. The van der Waals surface area contributed by atoms with Crippen molar-refractivity contribution in [2.24, 2.45) is 0 Å². The van der Waals surface area contributed by atoms with Crippen molar-refractivity contribution in [1.82, 2.24) is 9.88 Å². The second-order valence-electron chi connectivity index (χ2n) is 4.71. The number of thiazole rings is 1. The van der Waals surface area contributed by atoms with Gasteiger partial charge in [0.05, 0.1) is 16.5 Å². The Morgan fingerprint density at radius 2 is 2.47 bits per heavy atom. The van der Waals surface area contributed by atoms with E-state index in [9.17, 15) is 14.7 Å². The first kappa shape index (κ1) is 12.7. The minimum atomic E-state index is -0.950. The molecule has 2 aliphatic heterocycles. The number of carboxylic acid groups (broad SMARTS) is 1. The number of carboxylic acids is 1. The molecular formula is C12H12N2O3S2. The highest BCUT2D eigenvalue weighted by Gasteiger charge is 2.59. The van der Waals surface area contributed by atoms with E-state index in [0.29, 0.717) is 6.42 Å². The quantitative estimate of drug-likeness (QED) is 0.859. The zero-order valence-corrected chi connectivity index (χ0v) is 11.8. The summed E-state index contributed by atoms with van der Waals surface area (Å²) in [5.41, 5.74) is 0. The average Bonchev–Trinajstić information content (AvgIpc) is 2.92. The molecule has 2 aliphatic rings. The van der Waals surface area contributed by atoms with Gasteiger partial charge in [-0.1, -0.05) is 6.08 Å². The van der Waals surface area contributed by atoms with Crippen molar-refractivity contribution in [3.8, 4) is 0 Å². The summed E-state index contributed by atoms with van der Waals surface area (Å²) in [6, 6.07) is -0.792. The summed E-state index contributed by atoms with van der Waals surface area (Å²) in [5, 5.41) is 12.1. The molecule has 0 bridgehead atoms. The fourth-order valence-corrected chi connectivity index (χ4v) is 4.68. The molecule has 0 saturated carbocycles. The van der Waals surface area contributed by atoms with Crippen molar-refractivity contribution < 1.29 is 14.7 Å². The molecule has 1 N–H and O–H groups in total. The van der Waals surface area contributed by atoms with Crippen LogP contribution in [0.15, 0.2) is 17.7 Å². The number of fused-ring (bicyclic) bond motifs is 1. The Morgan fingerprint density at radius 1 is 1.68 bits per heavy atom. The van der Waals surface area contributed by atoms with Crippen molar-refractivity contribution in [2.75, 3.05) is 0 Å². The van der Waals surface area contributed by atoms with Gasteiger partial charge in [0.15, 0.2) is 0 Å². The Morgan fingerprint density at radius 3 is 3.05 bits per heavy atom. The zero-order valence-electron chi connectivity index (χ0n) is 10.1. The average molecular weight is 296 g/mol. The van der Waals surface area contributed by atoms with Gasteiger partial charge in [-0.3, -0.25) is 4.79 Å². The number of carbonyl (C=O) groups is 2. The molecule has 100 valence electrons. The lowest BCUT2D eigenvalue weighted by molar-refractivity contribution is -0.156. The van der Waals surface area contributed by atoms with Gasteiger partial charge in [-0.15, -0.1) is 23.1 Å². The summed E-state index contributed by atoms with van der Waals surface area (Å²) in [6.45, 7) is 1.87. The van der Waals surface area contributed by atoms with E-state index in [0.717, 1.165) is 5.01 Å². The van der Waals surface area contributed by atoms with Crippen LogP contribution in [0.5, 0.6) is 0 Å². The van der Waals surface area contributed by atoms with Gasteiger partial charge >= 0.3 is 5.97 Å². The van der Waals surface area contributed by atoms with Crippen molar-refractivity contribution in [2.45, 2.75) is 29.5 Å². The number of hydrogen-bond acceptors (Lipinski definition) is 5. The van der Waals surface area contributed by atoms with Gasteiger partial charge in [0, 0.05) is 11.6 Å². The molecule has 0 aromatic carbocycles. The molecule has 0 radical (unpaired) electrons. The topological polar surface area (TPSA) is 70.5 Å². The Hall–Kier alpha value is -1.34. The first-order valence-electron chi connectivity index (χ1n) is 5.82. The smallest absolute Gasteiger partial charge is 0.328 e. The second-order valence-corrected chi connectivity index (χ2v) is 7.29. The van der Waals surface area contributed by atoms with Crippen LogP contribution in [0.2, 0.25) is 0 Å². The molecule has 3 heterocycles. The van der Waals surface area contributed by atoms with Gasteiger partial charge in [-0.25, -0.2) is 9.78 Å². The molecule has 2 fully saturated rings. The molecule has 1 amide bonds. The van der Waals surface area contributed by atoms with E-state index in [4.69, 9.17) is 0 Å². The molecule has 3 atom stereocenters. The molecule has 0 spiro atoms. The SMILES string of the molecule is C[C@@]1(/C=C/c2nccs2)S[C@@H]2CC(=O)N2[C@H]1C(=O)O. The third-order valence-corrected chi connectivity index (χ3v) is 5.67. The fourth-order valence-electron chi connectivity index (χ4n) is 2.49. The highest BCUT2D eigenvalue weighted by molar-refractivity contribution is 8.01. The molecule has 0 aliphatic carbocycles. The van der Waals surface area contributed by atoms with Crippen LogP contribution in [-0.2, 0) is 9.59 Å². The van der Waals surface area contributed by atoms with Crippen molar-refractivity contribution in [3.05, 3.63) is 22.7 Å². The van der Waals surface area contributed by atoms with E-state index in [2.05, 4.69) is 4.98 Å². The van der Waals surface area contributed by atoms with E-state index in [1.807, 2.05) is 24.5 Å². The van der Waals surface area contributed by atoms with E-state index in [1.165, 1.54) is 28.0 Å². The molecule has 5 nitrogen and oxygen atoms in total. The summed E-state index contributed by atoms with van der Waals surface area (Å²) in [4.78, 5) is 28.6. The summed E-state index contributed by atoms with van der Waals surface area (Å²) in [7, 11) is 0. The molecule has 0 unspecified atom stereocenters. The lowest BCUT2D eigenvalue weighted by Gasteiger charge is -2.36. The van der Waals surface area contributed by atoms with E-state index in [1.54, 1.807) is 6.20 Å². The van der Waals surface area contributed by atoms with Gasteiger partial charge in [-0.2, -0.15) is 0 Å². The van der Waals surface area contributed by atoms with Crippen molar-refractivity contribution in [3.63, 3.8) is 0 Å². The lowest BCUT2D eigenvalue weighted by Crippen LogP contribution is -2.57. The Balaban J connectivity index is 1.89. The maximum atomic E-state index is 11.6. The number of thioether (sulfide) groups is 1. The summed E-state index contributed by atoms with van der Waals surface area (Å²) < 4.78 is -0.603. The molecule has 19 heavy (non-hydrogen) atoms.